The number of carbonyl (C=O) groups is 2. The first-order valence-corrected chi connectivity index (χ1v) is 12.6. The number of urea groups is 1. The van der Waals surface area contributed by atoms with E-state index in [9.17, 15) is 18.4 Å². The Balaban J connectivity index is 1.51. The third-order valence-electron chi connectivity index (χ3n) is 6.90. The minimum absolute atomic E-state index is 0.0652. The Bertz CT molecular complexity index is 1120. The van der Waals surface area contributed by atoms with Gasteiger partial charge in [-0.3, -0.25) is 9.69 Å². The standard InChI is InChI=1S/C25H27F2N3O3S/c1-33-18-8-10-22-19(14-18)25(23(31)29(22)15-16-7-9-20(26)21(27)13-16)30(11-12-34-25)24(32)28-17-5-3-2-4-6-17/h7-10,13-14,17H,2-6,11-12,15H2,1H3,(H,28,32)/t25-/m1/s1. The highest BCUT2D eigenvalue weighted by Crippen LogP contribution is 2.55. The highest BCUT2D eigenvalue weighted by Gasteiger charge is 2.59. The summed E-state index contributed by atoms with van der Waals surface area (Å²) in [4.78, 5) is 29.4. The van der Waals surface area contributed by atoms with Crippen LogP contribution in [0.5, 0.6) is 5.75 Å². The summed E-state index contributed by atoms with van der Waals surface area (Å²) >= 11 is 1.42. The molecular weight excluding hydrogens is 460 g/mol. The molecule has 1 saturated carbocycles. The summed E-state index contributed by atoms with van der Waals surface area (Å²) in [6.45, 7) is 0.500. The summed E-state index contributed by atoms with van der Waals surface area (Å²) in [5, 5.41) is 3.15. The second-order valence-electron chi connectivity index (χ2n) is 8.95. The largest absolute Gasteiger partial charge is 0.497 e. The number of fused-ring (bicyclic) bond motifs is 2. The maximum atomic E-state index is 14.0. The van der Waals surface area contributed by atoms with Crippen LogP contribution in [-0.2, 0) is 16.2 Å². The van der Waals surface area contributed by atoms with Gasteiger partial charge in [0.05, 0.1) is 19.3 Å². The van der Waals surface area contributed by atoms with Crippen molar-refractivity contribution in [1.82, 2.24) is 10.2 Å². The smallest absolute Gasteiger partial charge is 0.319 e. The molecule has 3 amide bonds. The van der Waals surface area contributed by atoms with Crippen LogP contribution in [0.2, 0.25) is 0 Å². The summed E-state index contributed by atoms with van der Waals surface area (Å²) in [6, 6.07) is 8.85. The van der Waals surface area contributed by atoms with E-state index in [0.29, 0.717) is 34.9 Å². The van der Waals surface area contributed by atoms with E-state index >= 15 is 0 Å². The molecule has 2 aromatic rings. The van der Waals surface area contributed by atoms with Crippen LogP contribution in [0.3, 0.4) is 0 Å². The maximum Gasteiger partial charge on any atom is 0.319 e. The molecule has 3 aliphatic rings. The van der Waals surface area contributed by atoms with Gasteiger partial charge in [0.25, 0.3) is 5.91 Å². The molecule has 1 aliphatic carbocycles. The summed E-state index contributed by atoms with van der Waals surface area (Å²) < 4.78 is 32.8. The number of ether oxygens (including phenoxy) is 1. The number of halogens is 2. The van der Waals surface area contributed by atoms with Crippen LogP contribution in [0, 0.1) is 11.6 Å². The molecule has 1 saturated heterocycles. The first-order valence-electron chi connectivity index (χ1n) is 11.6. The van der Waals surface area contributed by atoms with Crippen LogP contribution < -0.4 is 15.0 Å². The molecule has 0 radical (unpaired) electrons. The van der Waals surface area contributed by atoms with Crippen molar-refractivity contribution in [2.45, 2.75) is 49.6 Å². The molecular formula is C25H27F2N3O3S. The van der Waals surface area contributed by atoms with Crippen molar-refractivity contribution < 1.29 is 23.1 Å². The molecule has 1 spiro atoms. The summed E-state index contributed by atoms with van der Waals surface area (Å²) in [5.74, 6) is -0.963. The van der Waals surface area contributed by atoms with Crippen molar-refractivity contribution in [2.24, 2.45) is 0 Å². The minimum Gasteiger partial charge on any atom is -0.497 e. The van der Waals surface area contributed by atoms with Gasteiger partial charge in [0.2, 0.25) is 0 Å². The number of nitrogens with zero attached hydrogens (tertiary/aromatic N) is 2. The van der Waals surface area contributed by atoms with Crippen molar-refractivity contribution in [3.05, 3.63) is 59.2 Å². The van der Waals surface area contributed by atoms with E-state index in [1.807, 2.05) is 0 Å². The zero-order valence-corrected chi connectivity index (χ0v) is 19.8. The second-order valence-corrected chi connectivity index (χ2v) is 10.2. The van der Waals surface area contributed by atoms with Crippen LogP contribution in [0.15, 0.2) is 36.4 Å². The monoisotopic (exact) mass is 487 g/mol. The SMILES string of the molecule is COc1ccc2c(c1)[C@@]1(SCCN1C(=O)NC1CCCCC1)C(=O)N2Cc1ccc(F)c(F)c1. The molecule has 6 nitrogen and oxygen atoms in total. The van der Waals surface area contributed by atoms with E-state index in [1.54, 1.807) is 35.1 Å². The van der Waals surface area contributed by atoms with E-state index in [4.69, 9.17) is 4.74 Å². The topological polar surface area (TPSA) is 61.9 Å². The normalized spacial score (nSPS) is 22.4. The first kappa shape index (κ1) is 23.0. The number of carbonyl (C=O) groups excluding carboxylic acids is 2. The summed E-state index contributed by atoms with van der Waals surface area (Å²) in [5.41, 5.74) is 1.79. The molecule has 2 aromatic carbocycles. The van der Waals surface area contributed by atoms with E-state index < -0.39 is 16.5 Å². The predicted octanol–water partition coefficient (Wildman–Crippen LogP) is 4.76. The predicted molar refractivity (Wildman–Crippen MR) is 127 cm³/mol. The lowest BCUT2D eigenvalue weighted by molar-refractivity contribution is -0.123. The van der Waals surface area contributed by atoms with Gasteiger partial charge in [-0.15, -0.1) is 11.8 Å². The van der Waals surface area contributed by atoms with Crippen molar-refractivity contribution in [2.75, 3.05) is 24.3 Å². The molecule has 1 atom stereocenters. The van der Waals surface area contributed by atoms with E-state index in [2.05, 4.69) is 5.32 Å². The van der Waals surface area contributed by atoms with Crippen LogP contribution in [-0.4, -0.2) is 42.3 Å². The van der Waals surface area contributed by atoms with Gasteiger partial charge in [-0.05, 0) is 48.7 Å². The molecule has 0 unspecified atom stereocenters. The van der Waals surface area contributed by atoms with Gasteiger partial charge in [-0.25, -0.2) is 13.6 Å². The molecule has 0 bridgehead atoms. The Morgan fingerprint density at radius 2 is 1.94 bits per heavy atom. The fraction of sp³-hybridized carbons (Fsp3) is 0.440. The van der Waals surface area contributed by atoms with Crippen molar-refractivity contribution in [3.8, 4) is 5.75 Å². The van der Waals surface area contributed by atoms with E-state index in [0.717, 1.165) is 37.8 Å². The van der Waals surface area contributed by atoms with Crippen LogP contribution in [0.1, 0.15) is 43.2 Å². The lowest BCUT2D eigenvalue weighted by Crippen LogP contribution is -2.55. The van der Waals surface area contributed by atoms with Gasteiger partial charge >= 0.3 is 6.03 Å². The quantitative estimate of drug-likeness (QED) is 0.675. The zero-order valence-electron chi connectivity index (χ0n) is 19.0. The molecule has 1 N–H and O–H groups in total. The Kier molecular flexibility index (Phi) is 6.14. The van der Waals surface area contributed by atoms with Gasteiger partial charge in [0.15, 0.2) is 16.5 Å². The first-order chi connectivity index (χ1) is 16.4. The number of hydrogen-bond acceptors (Lipinski definition) is 4. The molecule has 2 aliphatic heterocycles. The second kappa shape index (κ2) is 9.09. The number of amides is 3. The fourth-order valence-corrected chi connectivity index (χ4v) is 6.65. The van der Waals surface area contributed by atoms with Gasteiger partial charge in [0, 0.05) is 23.9 Å². The van der Waals surface area contributed by atoms with Crippen molar-refractivity contribution >= 4 is 29.4 Å². The highest BCUT2D eigenvalue weighted by atomic mass is 32.2. The summed E-state index contributed by atoms with van der Waals surface area (Å²) in [6.07, 6.45) is 5.25. The number of nitrogens with one attached hydrogen (secondary N) is 1. The lowest BCUT2D eigenvalue weighted by Gasteiger charge is -2.35. The maximum absolute atomic E-state index is 14.0. The summed E-state index contributed by atoms with van der Waals surface area (Å²) in [7, 11) is 1.56. The molecule has 2 heterocycles. The molecule has 34 heavy (non-hydrogen) atoms. The third-order valence-corrected chi connectivity index (χ3v) is 8.32. The van der Waals surface area contributed by atoms with Crippen molar-refractivity contribution in [3.63, 3.8) is 0 Å². The number of anilines is 1. The van der Waals surface area contributed by atoms with Crippen LogP contribution >= 0.6 is 11.8 Å². The van der Waals surface area contributed by atoms with Gasteiger partial charge < -0.3 is 15.0 Å². The number of methoxy groups -OCH3 is 1. The molecule has 5 rings (SSSR count). The van der Waals surface area contributed by atoms with Gasteiger partial charge in [-0.1, -0.05) is 25.3 Å². The number of thioether (sulfide) groups is 1. The number of benzene rings is 2. The average molecular weight is 488 g/mol. The fourth-order valence-electron chi connectivity index (χ4n) is 5.20. The molecule has 9 heteroatoms. The average Bonchev–Trinajstić information content (AvgIpc) is 3.39. The Morgan fingerprint density at radius 3 is 2.68 bits per heavy atom. The van der Waals surface area contributed by atoms with Crippen molar-refractivity contribution in [1.29, 1.82) is 0 Å². The Labute approximate surface area is 201 Å². The van der Waals surface area contributed by atoms with E-state index in [1.165, 1.54) is 24.2 Å². The highest BCUT2D eigenvalue weighted by molar-refractivity contribution is 8.01. The molecule has 180 valence electrons. The zero-order chi connectivity index (χ0) is 23.9. The van der Waals surface area contributed by atoms with E-state index in [-0.39, 0.29) is 24.5 Å². The van der Waals surface area contributed by atoms with Gasteiger partial charge in [0.1, 0.15) is 5.75 Å². The van der Waals surface area contributed by atoms with Crippen LogP contribution in [0.25, 0.3) is 0 Å². The lowest BCUT2D eigenvalue weighted by atomic mass is 9.95. The minimum atomic E-state index is -1.22. The van der Waals surface area contributed by atoms with Crippen LogP contribution in [0.4, 0.5) is 19.3 Å². The van der Waals surface area contributed by atoms with Gasteiger partial charge in [-0.2, -0.15) is 0 Å². The third kappa shape index (κ3) is 3.79. The molecule has 2 fully saturated rings. The Hall–Kier alpha value is -2.81. The number of hydrogen-bond donors (Lipinski definition) is 1. The Morgan fingerprint density at radius 1 is 1.15 bits per heavy atom. The molecule has 0 aromatic heterocycles. The number of rotatable bonds is 4.